The van der Waals surface area contributed by atoms with Crippen LogP contribution in [0, 0.1) is 6.92 Å². The maximum atomic E-state index is 3.56. The Balaban J connectivity index is 2.22. The highest BCUT2D eigenvalue weighted by Crippen LogP contribution is 2.36. The lowest BCUT2D eigenvalue weighted by atomic mass is 10.0. The molecular formula is C14H15Br2NS. The van der Waals surface area contributed by atoms with E-state index in [9.17, 15) is 0 Å². The lowest BCUT2D eigenvalue weighted by Crippen LogP contribution is -2.18. The summed E-state index contributed by atoms with van der Waals surface area (Å²) in [6, 6.07) is 11.1. The van der Waals surface area contributed by atoms with Crippen LogP contribution in [-0.2, 0) is 6.42 Å². The van der Waals surface area contributed by atoms with E-state index < -0.39 is 0 Å². The number of rotatable bonds is 4. The third kappa shape index (κ3) is 3.23. The monoisotopic (exact) mass is 387 g/mol. The molecule has 1 aromatic carbocycles. The van der Waals surface area contributed by atoms with Gasteiger partial charge in [-0.05, 0) is 69.4 Å². The lowest BCUT2D eigenvalue weighted by molar-refractivity contribution is 0.600. The van der Waals surface area contributed by atoms with Crippen LogP contribution in [0.2, 0.25) is 0 Å². The van der Waals surface area contributed by atoms with Gasteiger partial charge in [0.2, 0.25) is 0 Å². The summed E-state index contributed by atoms with van der Waals surface area (Å²) in [5.41, 5.74) is 2.75. The number of thiophene rings is 1. The van der Waals surface area contributed by atoms with Crippen LogP contribution in [0.3, 0.4) is 0 Å². The Morgan fingerprint density at radius 2 is 2.00 bits per heavy atom. The number of halogens is 2. The number of benzene rings is 1. The second-order valence-electron chi connectivity index (χ2n) is 4.24. The molecular weight excluding hydrogens is 374 g/mol. The minimum absolute atomic E-state index is 0.360. The van der Waals surface area contributed by atoms with Gasteiger partial charge < -0.3 is 5.32 Å². The number of aryl methyl sites for hydroxylation is 1. The smallest absolute Gasteiger partial charge is 0.0843 e. The van der Waals surface area contributed by atoms with Gasteiger partial charge in [0, 0.05) is 15.4 Å². The van der Waals surface area contributed by atoms with E-state index in [0.29, 0.717) is 6.04 Å². The summed E-state index contributed by atoms with van der Waals surface area (Å²) in [5.74, 6) is 0. The van der Waals surface area contributed by atoms with Gasteiger partial charge in [-0.15, -0.1) is 11.3 Å². The van der Waals surface area contributed by atoms with Gasteiger partial charge in [-0.25, -0.2) is 0 Å². The maximum Gasteiger partial charge on any atom is 0.0843 e. The molecule has 0 spiro atoms. The van der Waals surface area contributed by atoms with E-state index >= 15 is 0 Å². The Kier molecular flexibility index (Phi) is 5.01. The van der Waals surface area contributed by atoms with E-state index in [-0.39, 0.29) is 0 Å². The second-order valence-corrected chi connectivity index (χ2v) is 7.50. The van der Waals surface area contributed by atoms with Crippen molar-refractivity contribution in [3.63, 3.8) is 0 Å². The summed E-state index contributed by atoms with van der Waals surface area (Å²) in [4.78, 5) is 1.35. The van der Waals surface area contributed by atoms with Crippen LogP contribution in [0.1, 0.15) is 22.0 Å². The molecule has 0 aliphatic rings. The number of hydrogen-bond donors (Lipinski definition) is 1. The first kappa shape index (κ1) is 14.3. The fraction of sp³-hybridized carbons (Fsp3) is 0.286. The Morgan fingerprint density at radius 1 is 1.28 bits per heavy atom. The van der Waals surface area contributed by atoms with Crippen molar-refractivity contribution in [1.29, 1.82) is 0 Å². The molecule has 0 aliphatic heterocycles. The molecule has 0 fully saturated rings. The van der Waals surface area contributed by atoms with E-state index in [4.69, 9.17) is 0 Å². The average molecular weight is 389 g/mol. The summed E-state index contributed by atoms with van der Waals surface area (Å²) >= 11 is 8.89. The van der Waals surface area contributed by atoms with E-state index in [1.807, 2.05) is 7.05 Å². The van der Waals surface area contributed by atoms with Crippen molar-refractivity contribution in [1.82, 2.24) is 5.32 Å². The summed E-state index contributed by atoms with van der Waals surface area (Å²) < 4.78 is 2.29. The SMILES string of the molecule is CNC(Cc1ccccc1C)c1cc(Br)c(Br)s1. The molecule has 0 bridgehead atoms. The number of nitrogens with one attached hydrogen (secondary N) is 1. The molecule has 18 heavy (non-hydrogen) atoms. The van der Waals surface area contributed by atoms with Crippen molar-refractivity contribution in [2.24, 2.45) is 0 Å². The van der Waals surface area contributed by atoms with Gasteiger partial charge in [-0.2, -0.15) is 0 Å². The molecule has 0 saturated heterocycles. The largest absolute Gasteiger partial charge is 0.312 e. The molecule has 1 aromatic heterocycles. The third-order valence-electron chi connectivity index (χ3n) is 3.04. The maximum absolute atomic E-state index is 3.56. The van der Waals surface area contributed by atoms with Crippen molar-refractivity contribution < 1.29 is 0 Å². The van der Waals surface area contributed by atoms with Gasteiger partial charge >= 0.3 is 0 Å². The zero-order valence-corrected chi connectivity index (χ0v) is 14.3. The van der Waals surface area contributed by atoms with Gasteiger partial charge in [0.05, 0.1) is 3.79 Å². The van der Waals surface area contributed by atoms with Crippen LogP contribution in [0.15, 0.2) is 38.6 Å². The van der Waals surface area contributed by atoms with E-state index in [1.54, 1.807) is 11.3 Å². The fourth-order valence-electron chi connectivity index (χ4n) is 1.94. The van der Waals surface area contributed by atoms with Crippen LogP contribution in [-0.4, -0.2) is 7.05 Å². The molecule has 0 aliphatic carbocycles. The van der Waals surface area contributed by atoms with Crippen molar-refractivity contribution in [3.8, 4) is 0 Å². The van der Waals surface area contributed by atoms with Gasteiger partial charge in [0.25, 0.3) is 0 Å². The predicted molar refractivity (Wildman–Crippen MR) is 86.4 cm³/mol. The highest BCUT2D eigenvalue weighted by Gasteiger charge is 2.15. The van der Waals surface area contributed by atoms with Crippen LogP contribution < -0.4 is 5.32 Å². The van der Waals surface area contributed by atoms with Crippen LogP contribution in [0.25, 0.3) is 0 Å². The Morgan fingerprint density at radius 3 is 2.56 bits per heavy atom. The van der Waals surface area contributed by atoms with Crippen LogP contribution >= 0.6 is 43.2 Å². The Hall–Kier alpha value is -0.160. The molecule has 0 amide bonds. The predicted octanol–water partition coefficient (Wildman–Crippen LogP) is 5.08. The zero-order valence-electron chi connectivity index (χ0n) is 10.3. The summed E-state index contributed by atoms with van der Waals surface area (Å²) in [7, 11) is 2.02. The van der Waals surface area contributed by atoms with E-state index in [0.717, 1.165) is 14.7 Å². The van der Waals surface area contributed by atoms with E-state index in [1.165, 1.54) is 16.0 Å². The van der Waals surface area contributed by atoms with Crippen molar-refractivity contribution >= 4 is 43.2 Å². The summed E-state index contributed by atoms with van der Waals surface area (Å²) in [6.07, 6.45) is 1.02. The van der Waals surface area contributed by atoms with Crippen molar-refractivity contribution in [2.45, 2.75) is 19.4 Å². The number of hydrogen-bond acceptors (Lipinski definition) is 2. The molecule has 1 heterocycles. The molecule has 1 atom stereocenters. The highest BCUT2D eigenvalue weighted by molar-refractivity contribution is 9.13. The Bertz CT molecular complexity index is 517. The number of likely N-dealkylation sites (N-methyl/N-ethyl adjacent to an activating group) is 1. The molecule has 1 N–H and O–H groups in total. The van der Waals surface area contributed by atoms with Crippen LogP contribution in [0.4, 0.5) is 0 Å². The van der Waals surface area contributed by atoms with Crippen molar-refractivity contribution in [2.75, 3.05) is 7.05 Å². The van der Waals surface area contributed by atoms with Crippen molar-refractivity contribution in [3.05, 3.63) is 54.6 Å². The van der Waals surface area contributed by atoms with Gasteiger partial charge in [-0.3, -0.25) is 0 Å². The molecule has 1 unspecified atom stereocenters. The average Bonchev–Trinajstić information content (AvgIpc) is 2.68. The minimum Gasteiger partial charge on any atom is -0.312 e. The first-order chi connectivity index (χ1) is 8.61. The van der Waals surface area contributed by atoms with Gasteiger partial charge in [0.1, 0.15) is 0 Å². The standard InChI is InChI=1S/C14H15Br2NS/c1-9-5-3-4-6-10(9)7-12(17-2)13-8-11(15)14(16)18-13/h3-6,8,12,17H,7H2,1-2H3. The quantitative estimate of drug-likeness (QED) is 0.769. The third-order valence-corrected chi connectivity index (χ3v) is 6.41. The lowest BCUT2D eigenvalue weighted by Gasteiger charge is -2.16. The molecule has 1 nitrogen and oxygen atoms in total. The summed E-state index contributed by atoms with van der Waals surface area (Å²) in [5, 5.41) is 3.40. The van der Waals surface area contributed by atoms with E-state index in [2.05, 4.69) is 74.4 Å². The minimum atomic E-state index is 0.360. The zero-order chi connectivity index (χ0) is 13.1. The Labute approximate surface area is 129 Å². The molecule has 2 aromatic rings. The molecule has 4 heteroatoms. The van der Waals surface area contributed by atoms with Gasteiger partial charge in [-0.1, -0.05) is 24.3 Å². The molecule has 96 valence electrons. The molecule has 0 saturated carbocycles. The topological polar surface area (TPSA) is 12.0 Å². The normalized spacial score (nSPS) is 12.7. The molecule has 0 radical (unpaired) electrons. The van der Waals surface area contributed by atoms with Crippen LogP contribution in [0.5, 0.6) is 0 Å². The summed E-state index contributed by atoms with van der Waals surface area (Å²) in [6.45, 7) is 2.17. The highest BCUT2D eigenvalue weighted by atomic mass is 79.9. The fourth-order valence-corrected chi connectivity index (χ4v) is 4.14. The van der Waals surface area contributed by atoms with Gasteiger partial charge in [0.15, 0.2) is 0 Å². The first-order valence-corrected chi connectivity index (χ1v) is 8.18. The molecule has 2 rings (SSSR count). The first-order valence-electron chi connectivity index (χ1n) is 5.78. The second kappa shape index (κ2) is 6.33.